The van der Waals surface area contributed by atoms with Gasteiger partial charge in [0.25, 0.3) is 5.91 Å². The van der Waals surface area contributed by atoms with Crippen LogP contribution >= 0.6 is 11.6 Å². The highest BCUT2D eigenvalue weighted by molar-refractivity contribution is 6.30. The number of carbonyl (C=O) groups is 1. The second kappa shape index (κ2) is 6.01. The molecule has 3 rings (SSSR count). The topological polar surface area (TPSA) is 32.3 Å². The monoisotopic (exact) mass is 314 g/mol. The number of rotatable bonds is 3. The highest BCUT2D eigenvalue weighted by Crippen LogP contribution is 2.35. The van der Waals surface area contributed by atoms with Crippen LogP contribution in [0.25, 0.3) is 0 Å². The fourth-order valence-corrected chi connectivity index (χ4v) is 2.93. The number of anilines is 1. The Bertz CT molecular complexity index is 684. The van der Waals surface area contributed by atoms with E-state index in [1.807, 2.05) is 53.4 Å². The van der Waals surface area contributed by atoms with Crippen molar-refractivity contribution in [3.63, 3.8) is 0 Å². The molecule has 1 heterocycles. The molecular formula is C18H19ClN2O. The van der Waals surface area contributed by atoms with Crippen LogP contribution in [0.5, 0.6) is 0 Å². The second-order valence-corrected chi connectivity index (χ2v) is 6.05. The molecule has 0 spiro atoms. The van der Waals surface area contributed by atoms with Gasteiger partial charge in [0.1, 0.15) is 6.17 Å². The zero-order chi connectivity index (χ0) is 15.7. The van der Waals surface area contributed by atoms with Crippen molar-refractivity contribution in [2.75, 3.05) is 5.32 Å². The van der Waals surface area contributed by atoms with Crippen LogP contribution in [-0.2, 0) is 0 Å². The summed E-state index contributed by atoms with van der Waals surface area (Å²) in [5.74, 6) is 0.0728. The molecule has 0 bridgehead atoms. The lowest BCUT2D eigenvalue weighted by Crippen LogP contribution is -2.47. The molecule has 4 heteroatoms. The number of nitrogens with one attached hydrogen (secondary N) is 1. The van der Waals surface area contributed by atoms with E-state index in [1.54, 1.807) is 0 Å². The van der Waals surface area contributed by atoms with E-state index in [-0.39, 0.29) is 18.1 Å². The summed E-state index contributed by atoms with van der Waals surface area (Å²) in [6.07, 6.45) is 0.731. The first-order chi connectivity index (χ1) is 10.6. The van der Waals surface area contributed by atoms with E-state index in [0.717, 1.165) is 23.2 Å². The van der Waals surface area contributed by atoms with Crippen LogP contribution in [0.2, 0.25) is 5.02 Å². The third-order valence-electron chi connectivity index (χ3n) is 4.21. The van der Waals surface area contributed by atoms with Gasteiger partial charge in [-0.2, -0.15) is 0 Å². The van der Waals surface area contributed by atoms with E-state index in [1.165, 1.54) is 0 Å². The van der Waals surface area contributed by atoms with Crippen molar-refractivity contribution >= 4 is 23.2 Å². The summed E-state index contributed by atoms with van der Waals surface area (Å²) in [4.78, 5) is 14.8. The van der Waals surface area contributed by atoms with Crippen molar-refractivity contribution in [3.8, 4) is 0 Å². The molecule has 3 nitrogen and oxygen atoms in total. The summed E-state index contributed by atoms with van der Waals surface area (Å²) in [5.41, 5.74) is 2.65. The smallest absolute Gasteiger partial charge is 0.258 e. The lowest BCUT2D eigenvalue weighted by molar-refractivity contribution is 0.0593. The molecule has 0 saturated heterocycles. The van der Waals surface area contributed by atoms with Gasteiger partial charge in [-0.05, 0) is 43.2 Å². The van der Waals surface area contributed by atoms with Crippen molar-refractivity contribution in [1.29, 1.82) is 0 Å². The van der Waals surface area contributed by atoms with Gasteiger partial charge in [0.2, 0.25) is 0 Å². The lowest BCUT2D eigenvalue weighted by Gasteiger charge is -2.41. The Kier molecular flexibility index (Phi) is 4.08. The Hall–Kier alpha value is -2.00. The Balaban J connectivity index is 2.06. The summed E-state index contributed by atoms with van der Waals surface area (Å²) < 4.78 is 0. The summed E-state index contributed by atoms with van der Waals surface area (Å²) in [5, 5.41) is 4.19. The van der Waals surface area contributed by atoms with Gasteiger partial charge in [0, 0.05) is 16.8 Å². The first-order valence-electron chi connectivity index (χ1n) is 7.55. The van der Waals surface area contributed by atoms with Crippen LogP contribution in [-0.4, -0.2) is 16.8 Å². The van der Waals surface area contributed by atoms with Gasteiger partial charge in [-0.1, -0.05) is 42.8 Å². The maximum atomic E-state index is 12.9. The van der Waals surface area contributed by atoms with Gasteiger partial charge in [-0.25, -0.2) is 0 Å². The predicted octanol–water partition coefficient (Wildman–Crippen LogP) is 4.71. The molecule has 0 aromatic heterocycles. The summed E-state index contributed by atoms with van der Waals surface area (Å²) in [6.45, 7) is 4.17. The molecule has 1 aliphatic heterocycles. The van der Waals surface area contributed by atoms with E-state index in [2.05, 4.69) is 19.2 Å². The van der Waals surface area contributed by atoms with Crippen LogP contribution in [0.4, 0.5) is 5.69 Å². The van der Waals surface area contributed by atoms with Crippen LogP contribution in [0.15, 0.2) is 48.5 Å². The van der Waals surface area contributed by atoms with Crippen LogP contribution in [0.1, 0.15) is 42.4 Å². The molecule has 22 heavy (non-hydrogen) atoms. The van der Waals surface area contributed by atoms with Crippen molar-refractivity contribution in [1.82, 2.24) is 4.90 Å². The van der Waals surface area contributed by atoms with Gasteiger partial charge in [-0.3, -0.25) is 4.79 Å². The molecule has 1 N–H and O–H groups in total. The Morgan fingerprint density at radius 1 is 1.18 bits per heavy atom. The van der Waals surface area contributed by atoms with Gasteiger partial charge in [-0.15, -0.1) is 0 Å². The van der Waals surface area contributed by atoms with Gasteiger partial charge in [0.05, 0.1) is 5.56 Å². The zero-order valence-corrected chi connectivity index (χ0v) is 13.5. The minimum atomic E-state index is -0.172. The van der Waals surface area contributed by atoms with Crippen molar-refractivity contribution in [3.05, 3.63) is 64.7 Å². The van der Waals surface area contributed by atoms with E-state index in [0.29, 0.717) is 5.02 Å². The number of fused-ring (bicyclic) bond motifs is 1. The number of hydrogen-bond acceptors (Lipinski definition) is 2. The van der Waals surface area contributed by atoms with Crippen LogP contribution in [0.3, 0.4) is 0 Å². The second-order valence-electron chi connectivity index (χ2n) is 5.61. The van der Waals surface area contributed by atoms with Gasteiger partial charge >= 0.3 is 0 Å². The Morgan fingerprint density at radius 2 is 1.86 bits per heavy atom. The number of hydrogen-bond donors (Lipinski definition) is 1. The first-order valence-corrected chi connectivity index (χ1v) is 7.93. The molecule has 1 amide bonds. The summed E-state index contributed by atoms with van der Waals surface area (Å²) in [6, 6.07) is 15.5. The number of carbonyl (C=O) groups excluding carboxylic acids is 1. The zero-order valence-electron chi connectivity index (χ0n) is 12.7. The number of benzene rings is 2. The molecule has 114 valence electrons. The molecule has 0 aliphatic carbocycles. The maximum absolute atomic E-state index is 12.9. The lowest BCUT2D eigenvalue weighted by atomic mass is 10.0. The fraction of sp³-hybridized carbons (Fsp3) is 0.278. The number of para-hydroxylation sites is 1. The van der Waals surface area contributed by atoms with Gasteiger partial charge in [0.15, 0.2) is 0 Å². The average molecular weight is 315 g/mol. The van der Waals surface area contributed by atoms with Gasteiger partial charge < -0.3 is 10.2 Å². The van der Waals surface area contributed by atoms with E-state index >= 15 is 0 Å². The third-order valence-corrected chi connectivity index (χ3v) is 4.47. The van der Waals surface area contributed by atoms with Crippen molar-refractivity contribution in [2.24, 2.45) is 0 Å². The molecule has 2 atom stereocenters. The fourth-order valence-electron chi connectivity index (χ4n) is 2.81. The third kappa shape index (κ3) is 2.57. The minimum absolute atomic E-state index is 0.0728. The minimum Gasteiger partial charge on any atom is -0.361 e. The maximum Gasteiger partial charge on any atom is 0.258 e. The standard InChI is InChI=1S/C18H19ClN2O/c1-3-12(2)21-17(13-8-10-14(19)11-9-13)20-16-7-5-4-6-15(16)18(21)22/h4-12,17,20H,3H2,1-2H3. The first kappa shape index (κ1) is 14.9. The molecule has 2 aromatic rings. The van der Waals surface area contributed by atoms with E-state index in [4.69, 9.17) is 11.6 Å². The summed E-state index contributed by atoms with van der Waals surface area (Å²) in [7, 11) is 0. The molecule has 0 fully saturated rings. The van der Waals surface area contributed by atoms with Crippen LogP contribution < -0.4 is 5.32 Å². The molecule has 0 saturated carbocycles. The normalized spacial score (nSPS) is 18.6. The number of amides is 1. The van der Waals surface area contributed by atoms with Crippen molar-refractivity contribution < 1.29 is 4.79 Å². The number of halogens is 1. The highest BCUT2D eigenvalue weighted by atomic mass is 35.5. The molecule has 0 radical (unpaired) electrons. The van der Waals surface area contributed by atoms with E-state index in [9.17, 15) is 4.79 Å². The Labute approximate surface area is 135 Å². The van der Waals surface area contributed by atoms with Crippen molar-refractivity contribution in [2.45, 2.75) is 32.5 Å². The highest BCUT2D eigenvalue weighted by Gasteiger charge is 2.35. The quantitative estimate of drug-likeness (QED) is 0.890. The van der Waals surface area contributed by atoms with E-state index < -0.39 is 0 Å². The SMILES string of the molecule is CCC(C)N1C(=O)c2ccccc2NC1c1ccc(Cl)cc1. The molecule has 2 aromatic carbocycles. The van der Waals surface area contributed by atoms with Crippen LogP contribution in [0, 0.1) is 0 Å². The molecular weight excluding hydrogens is 296 g/mol. The number of nitrogens with zero attached hydrogens (tertiary/aromatic N) is 1. The average Bonchev–Trinajstić information content (AvgIpc) is 2.55. The largest absolute Gasteiger partial charge is 0.361 e. The Morgan fingerprint density at radius 3 is 2.55 bits per heavy atom. The molecule has 2 unspecified atom stereocenters. The summed E-state index contributed by atoms with van der Waals surface area (Å²) >= 11 is 5.99. The predicted molar refractivity (Wildman–Crippen MR) is 90.2 cm³/mol. The molecule has 1 aliphatic rings.